The van der Waals surface area contributed by atoms with Crippen LogP contribution in [-0.4, -0.2) is 35.3 Å². The van der Waals surface area contributed by atoms with Gasteiger partial charge < -0.3 is 4.74 Å². The zero-order valence-corrected chi connectivity index (χ0v) is 18.0. The summed E-state index contributed by atoms with van der Waals surface area (Å²) in [5.41, 5.74) is 3.11. The number of thiocarbonyl (C=S) groups is 1. The molecule has 1 fully saturated rings. The average Bonchev–Trinajstić information content (AvgIpc) is 3.15. The number of hydrogen-bond donors (Lipinski definition) is 0. The Labute approximate surface area is 183 Å². The van der Waals surface area contributed by atoms with Gasteiger partial charge in [-0.3, -0.25) is 24.2 Å². The highest BCUT2D eigenvalue weighted by Crippen LogP contribution is 2.45. The number of hydrogen-bond acceptors (Lipinski definition) is 6. The van der Waals surface area contributed by atoms with Crippen LogP contribution in [-0.2, 0) is 19.1 Å². The Bertz CT molecular complexity index is 1130. The molecule has 1 saturated heterocycles. The van der Waals surface area contributed by atoms with Gasteiger partial charge in [-0.25, -0.2) is 0 Å². The maximum absolute atomic E-state index is 13.3. The molecule has 2 aromatic carbocycles. The van der Waals surface area contributed by atoms with Crippen molar-refractivity contribution < 1.29 is 19.1 Å². The highest BCUT2D eigenvalue weighted by atomic mass is 32.2. The zero-order valence-electron chi connectivity index (χ0n) is 16.4. The molecule has 2 heterocycles. The van der Waals surface area contributed by atoms with Crippen LogP contribution in [0.1, 0.15) is 18.1 Å². The molecule has 152 valence electrons. The van der Waals surface area contributed by atoms with E-state index in [-0.39, 0.29) is 29.5 Å². The molecule has 0 aromatic heterocycles. The fraction of sp³-hybridized carbons (Fsp3) is 0.182. The molecule has 2 aromatic rings. The van der Waals surface area contributed by atoms with Crippen LogP contribution in [0.3, 0.4) is 0 Å². The largest absolute Gasteiger partial charge is 0.465 e. The van der Waals surface area contributed by atoms with Gasteiger partial charge in [0.25, 0.3) is 11.8 Å². The van der Waals surface area contributed by atoms with E-state index in [2.05, 4.69) is 0 Å². The van der Waals surface area contributed by atoms with Gasteiger partial charge in [0.15, 0.2) is 4.32 Å². The summed E-state index contributed by atoms with van der Waals surface area (Å²) in [6.45, 7) is 3.65. The van der Waals surface area contributed by atoms with E-state index in [9.17, 15) is 14.4 Å². The first kappa shape index (κ1) is 20.3. The number of para-hydroxylation sites is 1. The first-order valence-electron chi connectivity index (χ1n) is 9.36. The normalized spacial score (nSPS) is 18.3. The van der Waals surface area contributed by atoms with Crippen molar-refractivity contribution in [3.8, 4) is 0 Å². The van der Waals surface area contributed by atoms with E-state index in [0.717, 1.165) is 17.3 Å². The summed E-state index contributed by atoms with van der Waals surface area (Å²) < 4.78 is 5.37. The van der Waals surface area contributed by atoms with Crippen LogP contribution in [0.25, 0.3) is 5.57 Å². The lowest BCUT2D eigenvalue weighted by Gasteiger charge is -2.16. The highest BCUT2D eigenvalue weighted by Gasteiger charge is 2.43. The Morgan fingerprint density at radius 2 is 1.87 bits per heavy atom. The van der Waals surface area contributed by atoms with Gasteiger partial charge in [0, 0.05) is 5.56 Å². The van der Waals surface area contributed by atoms with Crippen molar-refractivity contribution in [1.29, 1.82) is 0 Å². The molecular formula is C22H18N2O4S2. The SMILES string of the molecule is CCOC(=O)CN1C(=O)C(=C2SC(=S)N(c3cccc(C)c3)C2=O)c2ccccc21. The monoisotopic (exact) mass is 438 g/mol. The van der Waals surface area contributed by atoms with Gasteiger partial charge in [0.1, 0.15) is 6.54 Å². The number of rotatable bonds is 4. The number of benzene rings is 2. The molecular weight excluding hydrogens is 420 g/mol. The second-order valence-corrected chi connectivity index (χ2v) is 8.41. The fourth-order valence-corrected chi connectivity index (χ4v) is 4.87. The second-order valence-electron chi connectivity index (χ2n) is 6.77. The number of ether oxygens (including phenoxy) is 1. The van der Waals surface area contributed by atoms with Gasteiger partial charge in [0.05, 0.1) is 28.5 Å². The standard InChI is InChI=1S/C22H18N2O4S2/c1-3-28-17(25)12-23-16-10-5-4-9-15(16)18(20(23)26)19-21(27)24(22(29)30-19)14-8-6-7-13(2)11-14/h4-11H,3,12H2,1-2H3. The third-order valence-electron chi connectivity index (χ3n) is 4.77. The Morgan fingerprint density at radius 3 is 2.60 bits per heavy atom. The molecule has 0 atom stereocenters. The Morgan fingerprint density at radius 1 is 1.10 bits per heavy atom. The van der Waals surface area contributed by atoms with E-state index in [4.69, 9.17) is 17.0 Å². The van der Waals surface area contributed by atoms with Crippen molar-refractivity contribution in [2.75, 3.05) is 23.0 Å². The van der Waals surface area contributed by atoms with E-state index in [1.807, 2.05) is 31.2 Å². The summed E-state index contributed by atoms with van der Waals surface area (Å²) in [7, 11) is 0. The van der Waals surface area contributed by atoms with E-state index >= 15 is 0 Å². The van der Waals surface area contributed by atoms with Gasteiger partial charge in [-0.15, -0.1) is 0 Å². The van der Waals surface area contributed by atoms with E-state index < -0.39 is 11.9 Å². The lowest BCUT2D eigenvalue weighted by atomic mass is 10.1. The first-order valence-corrected chi connectivity index (χ1v) is 10.6. The second kappa shape index (κ2) is 8.04. The third-order valence-corrected chi connectivity index (χ3v) is 6.14. The van der Waals surface area contributed by atoms with Crippen LogP contribution < -0.4 is 9.80 Å². The third kappa shape index (κ3) is 3.42. The molecule has 0 N–H and O–H groups in total. The van der Waals surface area contributed by atoms with Crippen molar-refractivity contribution in [2.45, 2.75) is 13.8 Å². The lowest BCUT2D eigenvalue weighted by Crippen LogP contribution is -2.34. The van der Waals surface area contributed by atoms with Crippen molar-refractivity contribution in [3.05, 3.63) is 64.6 Å². The smallest absolute Gasteiger partial charge is 0.326 e. The Kier molecular flexibility index (Phi) is 5.44. The number of esters is 1. The molecule has 30 heavy (non-hydrogen) atoms. The topological polar surface area (TPSA) is 66.9 Å². The number of carbonyl (C=O) groups is 3. The highest BCUT2D eigenvalue weighted by molar-refractivity contribution is 8.27. The van der Waals surface area contributed by atoms with Gasteiger partial charge in [0.2, 0.25) is 0 Å². The number of aryl methyl sites for hydroxylation is 1. The van der Waals surface area contributed by atoms with Gasteiger partial charge in [-0.2, -0.15) is 0 Å². The van der Waals surface area contributed by atoms with Crippen LogP contribution in [0, 0.1) is 6.92 Å². The van der Waals surface area contributed by atoms with Crippen LogP contribution in [0.4, 0.5) is 11.4 Å². The molecule has 2 amide bonds. The number of anilines is 2. The number of amides is 2. The minimum absolute atomic E-state index is 0.217. The predicted octanol–water partition coefficient (Wildman–Crippen LogP) is 3.68. The van der Waals surface area contributed by atoms with Gasteiger partial charge in [-0.05, 0) is 37.6 Å². The van der Waals surface area contributed by atoms with Crippen LogP contribution in [0.15, 0.2) is 53.4 Å². The fourth-order valence-electron chi connectivity index (χ4n) is 3.50. The van der Waals surface area contributed by atoms with E-state index in [0.29, 0.717) is 21.3 Å². The summed E-state index contributed by atoms with van der Waals surface area (Å²) in [5.74, 6) is -1.25. The molecule has 4 rings (SSSR count). The molecule has 2 aliphatic heterocycles. The molecule has 0 radical (unpaired) electrons. The molecule has 2 aliphatic rings. The quantitative estimate of drug-likeness (QED) is 0.412. The minimum Gasteiger partial charge on any atom is -0.465 e. The molecule has 0 aliphatic carbocycles. The first-order chi connectivity index (χ1) is 14.4. The lowest BCUT2D eigenvalue weighted by molar-refractivity contribution is -0.142. The van der Waals surface area contributed by atoms with Crippen LogP contribution in [0.2, 0.25) is 0 Å². The van der Waals surface area contributed by atoms with Gasteiger partial charge >= 0.3 is 5.97 Å². The molecule has 8 heteroatoms. The molecule has 0 saturated carbocycles. The molecule has 0 bridgehead atoms. The maximum Gasteiger partial charge on any atom is 0.326 e. The van der Waals surface area contributed by atoms with E-state index in [1.165, 1.54) is 9.80 Å². The number of nitrogens with zero attached hydrogens (tertiary/aromatic N) is 2. The van der Waals surface area contributed by atoms with E-state index in [1.54, 1.807) is 31.2 Å². The summed E-state index contributed by atoms with van der Waals surface area (Å²) >= 11 is 6.56. The number of carbonyl (C=O) groups excluding carboxylic acids is 3. The zero-order chi connectivity index (χ0) is 21.4. The number of fused-ring (bicyclic) bond motifs is 1. The van der Waals surface area contributed by atoms with Crippen LogP contribution >= 0.6 is 24.0 Å². The molecule has 0 unspecified atom stereocenters. The summed E-state index contributed by atoms with van der Waals surface area (Å²) in [4.78, 5) is 41.7. The Balaban J connectivity index is 1.77. The summed E-state index contributed by atoms with van der Waals surface area (Å²) in [6.07, 6.45) is 0. The number of thioether (sulfide) groups is 1. The molecule has 0 spiro atoms. The maximum atomic E-state index is 13.3. The van der Waals surface area contributed by atoms with Crippen molar-refractivity contribution in [3.63, 3.8) is 0 Å². The Hall–Kier alpha value is -2.97. The van der Waals surface area contributed by atoms with Crippen molar-refractivity contribution in [1.82, 2.24) is 0 Å². The summed E-state index contributed by atoms with van der Waals surface area (Å²) in [5, 5.41) is 0. The average molecular weight is 439 g/mol. The molecule has 6 nitrogen and oxygen atoms in total. The predicted molar refractivity (Wildman–Crippen MR) is 121 cm³/mol. The summed E-state index contributed by atoms with van der Waals surface area (Å²) in [6, 6.07) is 14.6. The van der Waals surface area contributed by atoms with Crippen molar-refractivity contribution >= 4 is 63.0 Å². The minimum atomic E-state index is -0.505. The van der Waals surface area contributed by atoms with Crippen LogP contribution in [0.5, 0.6) is 0 Å². The van der Waals surface area contributed by atoms with Crippen molar-refractivity contribution in [2.24, 2.45) is 0 Å². The van der Waals surface area contributed by atoms with Gasteiger partial charge in [-0.1, -0.05) is 54.3 Å².